The number of hydrogen-bond acceptors (Lipinski definition) is 7. The van der Waals surface area contributed by atoms with Crippen molar-refractivity contribution in [1.82, 2.24) is 9.88 Å². The van der Waals surface area contributed by atoms with Crippen LogP contribution in [0, 0.1) is 31.6 Å². The number of carbonyl (C=O) groups excluding carboxylic acids is 1. The minimum atomic E-state index is 0.0667. The van der Waals surface area contributed by atoms with Crippen LogP contribution in [0.4, 0.5) is 5.13 Å². The summed E-state index contributed by atoms with van der Waals surface area (Å²) in [7, 11) is 0. The summed E-state index contributed by atoms with van der Waals surface area (Å²) in [5, 5.41) is 13.0. The van der Waals surface area contributed by atoms with Gasteiger partial charge in [0.2, 0.25) is 0 Å². The molecule has 3 fully saturated rings. The molecule has 3 aliphatic rings. The van der Waals surface area contributed by atoms with Crippen LogP contribution >= 0.6 is 11.3 Å². The first-order chi connectivity index (χ1) is 19.0. The molecule has 1 N–H and O–H groups in total. The molecule has 3 aromatic rings. The van der Waals surface area contributed by atoms with E-state index in [0.29, 0.717) is 57.3 Å². The van der Waals surface area contributed by atoms with Crippen molar-refractivity contribution in [2.75, 3.05) is 50.9 Å². The number of aliphatic hydroxyl groups excluding tert-OH is 1. The summed E-state index contributed by atoms with van der Waals surface area (Å²) in [5.74, 6) is 2.46. The molecule has 3 atom stereocenters. The molecule has 7 nitrogen and oxygen atoms in total. The summed E-state index contributed by atoms with van der Waals surface area (Å²) in [5.41, 5.74) is 5.83. The number of nitrogens with zero attached hydrogens (tertiary/aromatic N) is 3. The van der Waals surface area contributed by atoms with Crippen LogP contribution in [0.15, 0.2) is 41.8 Å². The van der Waals surface area contributed by atoms with Crippen molar-refractivity contribution in [3.05, 3.63) is 64.0 Å². The summed E-state index contributed by atoms with van der Waals surface area (Å²) in [6.07, 6.45) is 2.42. The second kappa shape index (κ2) is 11.3. The zero-order chi connectivity index (χ0) is 26.9. The molecular weight excluding hydrogens is 510 g/mol. The van der Waals surface area contributed by atoms with Crippen LogP contribution in [0.5, 0.6) is 5.75 Å². The molecule has 39 heavy (non-hydrogen) atoms. The standard InChI is InChI=1S/C31H37N3O4S/c1-20-3-8-29(38-18-22-4-7-25(21(2)14-22)30(36)33-9-11-37-12-10-33)26(13-20)28-19-39-31(32-28)34-15-23-5-6-24(16-34)27(23)17-35/h3-4,7-8,13-14,19,23-24,27,35H,5-6,9-12,15-18H2,1-2H3/t23-,24+,27?. The van der Waals surface area contributed by atoms with Crippen molar-refractivity contribution in [2.45, 2.75) is 33.3 Å². The first-order valence-corrected chi connectivity index (χ1v) is 14.9. The van der Waals surface area contributed by atoms with Gasteiger partial charge in [0.05, 0.1) is 18.9 Å². The molecule has 8 heteroatoms. The molecule has 1 unspecified atom stereocenters. The number of fused-ring (bicyclic) bond motifs is 2. The Morgan fingerprint density at radius 2 is 1.87 bits per heavy atom. The van der Waals surface area contributed by atoms with Gasteiger partial charge in [-0.1, -0.05) is 23.8 Å². The van der Waals surface area contributed by atoms with Gasteiger partial charge in [0.1, 0.15) is 12.4 Å². The largest absolute Gasteiger partial charge is 0.488 e. The van der Waals surface area contributed by atoms with Gasteiger partial charge in [-0.15, -0.1) is 11.3 Å². The maximum atomic E-state index is 13.0. The number of hydrogen-bond donors (Lipinski definition) is 1. The number of amides is 1. The van der Waals surface area contributed by atoms with Gasteiger partial charge >= 0.3 is 0 Å². The van der Waals surface area contributed by atoms with Crippen LogP contribution in [-0.2, 0) is 11.3 Å². The Morgan fingerprint density at radius 3 is 2.59 bits per heavy atom. The molecule has 0 radical (unpaired) electrons. The highest BCUT2D eigenvalue weighted by molar-refractivity contribution is 7.14. The Morgan fingerprint density at radius 1 is 1.10 bits per heavy atom. The highest BCUT2D eigenvalue weighted by Gasteiger charge is 2.42. The molecule has 3 heterocycles. The fourth-order valence-electron chi connectivity index (χ4n) is 6.45. The first kappa shape index (κ1) is 26.3. The molecule has 1 amide bonds. The molecule has 1 aliphatic carbocycles. The summed E-state index contributed by atoms with van der Waals surface area (Å²) in [6, 6.07) is 12.2. The van der Waals surface area contributed by atoms with Crippen LogP contribution in [0.1, 0.15) is 39.9 Å². The lowest BCUT2D eigenvalue weighted by atomic mass is 9.86. The van der Waals surface area contributed by atoms with Crippen LogP contribution in [0.2, 0.25) is 0 Å². The first-order valence-electron chi connectivity index (χ1n) is 14.0. The number of piperidine rings is 1. The Hall–Kier alpha value is -2.94. The molecule has 1 aromatic heterocycles. The summed E-state index contributed by atoms with van der Waals surface area (Å²) < 4.78 is 11.7. The minimum Gasteiger partial charge on any atom is -0.488 e. The van der Waals surface area contributed by atoms with E-state index in [1.165, 1.54) is 12.8 Å². The average Bonchev–Trinajstić information content (AvgIpc) is 3.54. The zero-order valence-corrected chi connectivity index (χ0v) is 23.6. The normalized spacial score (nSPS) is 22.8. The van der Waals surface area contributed by atoms with Crippen LogP contribution in [0.25, 0.3) is 11.3 Å². The van der Waals surface area contributed by atoms with Gasteiger partial charge in [0.15, 0.2) is 5.13 Å². The lowest BCUT2D eigenvalue weighted by molar-refractivity contribution is 0.0302. The number of aromatic nitrogens is 1. The van der Waals surface area contributed by atoms with Gasteiger partial charge in [0, 0.05) is 49.3 Å². The molecule has 206 valence electrons. The fourth-order valence-corrected chi connectivity index (χ4v) is 7.29. The van der Waals surface area contributed by atoms with Gasteiger partial charge in [-0.3, -0.25) is 4.79 Å². The molecule has 2 aliphatic heterocycles. The van der Waals surface area contributed by atoms with E-state index < -0.39 is 0 Å². The highest BCUT2D eigenvalue weighted by atomic mass is 32.1. The Bertz CT molecular complexity index is 1320. The Balaban J connectivity index is 1.16. The third-order valence-electron chi connectivity index (χ3n) is 8.63. The molecular formula is C31H37N3O4S. The topological polar surface area (TPSA) is 75.1 Å². The van der Waals surface area contributed by atoms with E-state index in [1.807, 2.05) is 36.1 Å². The number of morpholine rings is 1. The smallest absolute Gasteiger partial charge is 0.254 e. The van der Waals surface area contributed by atoms with Crippen molar-refractivity contribution in [2.24, 2.45) is 17.8 Å². The third kappa shape index (κ3) is 5.42. The van der Waals surface area contributed by atoms with Gasteiger partial charge in [-0.25, -0.2) is 4.98 Å². The highest BCUT2D eigenvalue weighted by Crippen LogP contribution is 2.44. The predicted molar refractivity (Wildman–Crippen MR) is 154 cm³/mol. The minimum absolute atomic E-state index is 0.0667. The van der Waals surface area contributed by atoms with E-state index in [9.17, 15) is 9.90 Å². The van der Waals surface area contributed by atoms with E-state index in [2.05, 4.69) is 29.3 Å². The fraction of sp³-hybridized carbons (Fsp3) is 0.484. The lowest BCUT2D eigenvalue weighted by Crippen LogP contribution is -2.43. The molecule has 1 saturated carbocycles. The number of carbonyl (C=O) groups is 1. The lowest BCUT2D eigenvalue weighted by Gasteiger charge is -2.37. The monoisotopic (exact) mass is 547 g/mol. The maximum Gasteiger partial charge on any atom is 0.254 e. The Kier molecular flexibility index (Phi) is 7.60. The molecule has 0 spiro atoms. The molecule has 2 aromatic carbocycles. The SMILES string of the molecule is Cc1ccc(OCc2ccc(C(=O)N3CCOCC3)c(C)c2)c(-c2csc(N3C[C@H]4CC[C@@H](C3)C4CO)n2)c1. The third-order valence-corrected chi connectivity index (χ3v) is 9.53. The van der Waals surface area contributed by atoms with E-state index in [4.69, 9.17) is 14.5 Å². The number of aryl methyl sites for hydroxylation is 2. The van der Waals surface area contributed by atoms with E-state index >= 15 is 0 Å². The summed E-state index contributed by atoms with van der Waals surface area (Å²) in [4.78, 5) is 22.3. The van der Waals surface area contributed by atoms with E-state index in [-0.39, 0.29) is 5.91 Å². The number of benzene rings is 2. The number of ether oxygens (including phenoxy) is 2. The van der Waals surface area contributed by atoms with Crippen LogP contribution < -0.4 is 9.64 Å². The van der Waals surface area contributed by atoms with Crippen LogP contribution in [-0.4, -0.2) is 66.9 Å². The van der Waals surface area contributed by atoms with E-state index in [0.717, 1.165) is 57.5 Å². The van der Waals surface area contributed by atoms with Crippen molar-refractivity contribution in [1.29, 1.82) is 0 Å². The number of rotatable bonds is 7. The molecule has 2 saturated heterocycles. The van der Waals surface area contributed by atoms with Gasteiger partial charge in [-0.2, -0.15) is 0 Å². The van der Waals surface area contributed by atoms with Gasteiger partial charge < -0.3 is 24.4 Å². The second-order valence-corrected chi connectivity index (χ2v) is 12.0. The predicted octanol–water partition coefficient (Wildman–Crippen LogP) is 4.93. The van der Waals surface area contributed by atoms with Gasteiger partial charge in [0.25, 0.3) is 5.91 Å². The number of aliphatic hydroxyl groups is 1. The summed E-state index contributed by atoms with van der Waals surface area (Å²) in [6.45, 7) is 9.23. The van der Waals surface area contributed by atoms with Crippen molar-refractivity contribution in [3.63, 3.8) is 0 Å². The quantitative estimate of drug-likeness (QED) is 0.452. The van der Waals surface area contributed by atoms with E-state index in [1.54, 1.807) is 11.3 Å². The van der Waals surface area contributed by atoms with Crippen molar-refractivity contribution in [3.8, 4) is 17.0 Å². The summed E-state index contributed by atoms with van der Waals surface area (Å²) >= 11 is 1.69. The molecule has 2 bridgehead atoms. The van der Waals surface area contributed by atoms with Crippen molar-refractivity contribution < 1.29 is 19.4 Å². The van der Waals surface area contributed by atoms with Crippen LogP contribution in [0.3, 0.4) is 0 Å². The second-order valence-electron chi connectivity index (χ2n) is 11.2. The number of anilines is 1. The zero-order valence-electron chi connectivity index (χ0n) is 22.8. The van der Waals surface area contributed by atoms with Gasteiger partial charge in [-0.05, 0) is 73.8 Å². The number of thiazole rings is 1. The Labute approximate surface area is 234 Å². The maximum absolute atomic E-state index is 13.0. The van der Waals surface area contributed by atoms with Crippen molar-refractivity contribution >= 4 is 22.4 Å². The average molecular weight is 548 g/mol. The molecule has 6 rings (SSSR count).